The number of likely N-dealkylation sites (N-methyl/N-ethyl adjacent to an activating group) is 1. The van der Waals surface area contributed by atoms with Crippen molar-refractivity contribution < 1.29 is 27.8 Å². The number of nitrogens with zero attached hydrogens (tertiary/aromatic N) is 4. The normalized spacial score (nSPS) is 14.5. The average molecular weight is 617 g/mol. The van der Waals surface area contributed by atoms with Crippen LogP contribution in [-0.2, 0) is 12.7 Å². The van der Waals surface area contributed by atoms with Gasteiger partial charge in [0.1, 0.15) is 17.0 Å². The van der Waals surface area contributed by atoms with Crippen molar-refractivity contribution in [2.24, 2.45) is 0 Å². The molecule has 1 aliphatic rings. The highest BCUT2D eigenvalue weighted by molar-refractivity contribution is 6.04. The van der Waals surface area contributed by atoms with Crippen LogP contribution in [0.4, 0.5) is 18.9 Å². The molecule has 0 unspecified atom stereocenters. The number of aryl methyl sites for hydroxylation is 1. The number of hydrogen-bond acceptors (Lipinski definition) is 7. The minimum Gasteiger partial charge on any atom is -0.508 e. The predicted molar refractivity (Wildman–Crippen MR) is 164 cm³/mol. The third kappa shape index (κ3) is 6.76. The molecule has 0 radical (unpaired) electrons. The largest absolute Gasteiger partial charge is 0.508 e. The number of aromatic hydroxyl groups is 1. The van der Waals surface area contributed by atoms with Gasteiger partial charge in [-0.15, -0.1) is 0 Å². The van der Waals surface area contributed by atoms with Gasteiger partial charge in [-0.3, -0.25) is 9.69 Å². The quantitative estimate of drug-likeness (QED) is 0.193. The monoisotopic (exact) mass is 616 g/mol. The Morgan fingerprint density at radius 2 is 1.76 bits per heavy atom. The Balaban J connectivity index is 1.24. The van der Waals surface area contributed by atoms with Gasteiger partial charge in [0, 0.05) is 55.7 Å². The molecule has 1 fully saturated rings. The first-order valence-electron chi connectivity index (χ1n) is 14.4. The summed E-state index contributed by atoms with van der Waals surface area (Å²) < 4.78 is 48.4. The molecular weight excluding hydrogens is 585 g/mol. The van der Waals surface area contributed by atoms with Crippen LogP contribution in [0.1, 0.15) is 27.0 Å². The van der Waals surface area contributed by atoms with Crippen LogP contribution >= 0.6 is 0 Å². The maximum absolute atomic E-state index is 14.1. The number of hydrogen-bond donors (Lipinski definition) is 3. The third-order valence-corrected chi connectivity index (χ3v) is 7.82. The van der Waals surface area contributed by atoms with Crippen LogP contribution in [-0.4, -0.2) is 69.0 Å². The summed E-state index contributed by atoms with van der Waals surface area (Å²) in [5.74, 6) is 0.462. The van der Waals surface area contributed by atoms with Crippen molar-refractivity contribution in [2.45, 2.75) is 19.6 Å². The number of aromatic amines is 1. The van der Waals surface area contributed by atoms with E-state index in [0.717, 1.165) is 19.2 Å². The van der Waals surface area contributed by atoms with E-state index in [1.165, 1.54) is 30.3 Å². The van der Waals surface area contributed by atoms with E-state index in [-0.39, 0.29) is 35.0 Å². The number of anilines is 1. The lowest BCUT2D eigenvalue weighted by Gasteiger charge is -2.33. The molecular formula is C33H31F3N6O3. The molecule has 2 aromatic heterocycles. The van der Waals surface area contributed by atoms with Crippen LogP contribution in [0.3, 0.4) is 0 Å². The van der Waals surface area contributed by atoms with Crippen molar-refractivity contribution in [3.8, 4) is 28.8 Å². The van der Waals surface area contributed by atoms with Crippen LogP contribution in [0, 0.1) is 6.92 Å². The number of piperazine rings is 1. The topological polar surface area (TPSA) is 107 Å². The fourth-order valence-corrected chi connectivity index (χ4v) is 5.19. The number of phenols is 1. The highest BCUT2D eigenvalue weighted by atomic mass is 19.4. The molecule has 0 spiro atoms. The van der Waals surface area contributed by atoms with Crippen LogP contribution in [0.25, 0.3) is 22.4 Å². The number of aromatic nitrogens is 3. The molecule has 0 bridgehead atoms. The number of fused-ring (bicyclic) bond motifs is 1. The molecule has 12 heteroatoms. The van der Waals surface area contributed by atoms with Crippen molar-refractivity contribution in [1.29, 1.82) is 0 Å². The van der Waals surface area contributed by atoms with Gasteiger partial charge in [-0.1, -0.05) is 12.1 Å². The number of halogens is 3. The van der Waals surface area contributed by atoms with E-state index in [9.17, 15) is 23.1 Å². The zero-order valence-corrected chi connectivity index (χ0v) is 24.7. The lowest BCUT2D eigenvalue weighted by molar-refractivity contribution is -0.138. The van der Waals surface area contributed by atoms with Crippen LogP contribution in [0.2, 0.25) is 0 Å². The van der Waals surface area contributed by atoms with Crippen molar-refractivity contribution in [1.82, 2.24) is 24.8 Å². The van der Waals surface area contributed by atoms with Gasteiger partial charge in [-0.05, 0) is 79.7 Å². The molecule has 0 aliphatic carbocycles. The number of carbonyl (C=O) groups is 1. The van der Waals surface area contributed by atoms with Crippen LogP contribution in [0.15, 0.2) is 72.9 Å². The summed E-state index contributed by atoms with van der Waals surface area (Å²) in [4.78, 5) is 29.6. The van der Waals surface area contributed by atoms with Crippen LogP contribution in [0.5, 0.6) is 17.4 Å². The third-order valence-electron chi connectivity index (χ3n) is 7.82. The van der Waals surface area contributed by atoms with Gasteiger partial charge in [-0.2, -0.15) is 18.2 Å². The Kier molecular flexibility index (Phi) is 8.17. The predicted octanol–water partition coefficient (Wildman–Crippen LogP) is 6.45. The number of amides is 1. The molecule has 3 N–H and O–H groups in total. The maximum atomic E-state index is 14.1. The highest BCUT2D eigenvalue weighted by Gasteiger charge is 2.34. The van der Waals surface area contributed by atoms with E-state index < -0.39 is 17.6 Å². The number of rotatable bonds is 7. The number of phenolic OH excluding ortho intramolecular Hbond substituents is 1. The summed E-state index contributed by atoms with van der Waals surface area (Å²) in [6.07, 6.45) is -2.87. The van der Waals surface area contributed by atoms with E-state index in [1.807, 2.05) is 11.9 Å². The van der Waals surface area contributed by atoms with Crippen molar-refractivity contribution in [3.05, 3.63) is 95.2 Å². The molecule has 6 rings (SSSR count). The van der Waals surface area contributed by atoms with Gasteiger partial charge < -0.3 is 25.0 Å². The SMILES string of the molecule is Cc1ccc(C(=O)Nc2ccc(CN3CCN(C)CC3)c(C(F)(F)F)c2)cc1Oc1nc(-c2ccc(O)cc2)nc2cc[nH]c12. The summed E-state index contributed by atoms with van der Waals surface area (Å²) in [7, 11) is 1.99. The van der Waals surface area contributed by atoms with Crippen molar-refractivity contribution in [3.63, 3.8) is 0 Å². The van der Waals surface area contributed by atoms with Gasteiger partial charge in [0.25, 0.3) is 5.91 Å². The molecule has 1 saturated heterocycles. The fourth-order valence-electron chi connectivity index (χ4n) is 5.19. The Morgan fingerprint density at radius 1 is 1.00 bits per heavy atom. The first-order valence-corrected chi connectivity index (χ1v) is 14.4. The maximum Gasteiger partial charge on any atom is 0.416 e. The molecule has 1 aliphatic heterocycles. The average Bonchev–Trinajstić information content (AvgIpc) is 3.49. The van der Waals surface area contributed by atoms with Gasteiger partial charge >= 0.3 is 6.18 Å². The zero-order valence-electron chi connectivity index (χ0n) is 24.7. The van der Waals surface area contributed by atoms with Gasteiger partial charge in [0.15, 0.2) is 5.82 Å². The molecule has 5 aromatic rings. The molecule has 3 heterocycles. The number of ether oxygens (including phenoxy) is 1. The molecule has 0 saturated carbocycles. The number of benzene rings is 3. The zero-order chi connectivity index (χ0) is 31.7. The molecule has 3 aromatic carbocycles. The minimum absolute atomic E-state index is 0.0416. The van der Waals surface area contributed by atoms with Gasteiger partial charge in [-0.25, -0.2) is 4.98 Å². The molecule has 45 heavy (non-hydrogen) atoms. The summed E-state index contributed by atoms with van der Waals surface area (Å²) in [6, 6.07) is 16.9. The summed E-state index contributed by atoms with van der Waals surface area (Å²) in [5.41, 5.74) is 2.16. The second kappa shape index (κ2) is 12.2. The van der Waals surface area contributed by atoms with Crippen molar-refractivity contribution >= 4 is 22.6 Å². The summed E-state index contributed by atoms with van der Waals surface area (Å²) >= 11 is 0. The van der Waals surface area contributed by atoms with Gasteiger partial charge in [0.2, 0.25) is 5.88 Å². The lowest BCUT2D eigenvalue weighted by atomic mass is 10.0. The first-order chi connectivity index (χ1) is 21.5. The Bertz CT molecular complexity index is 1850. The second-order valence-corrected chi connectivity index (χ2v) is 11.1. The number of alkyl halides is 3. The second-order valence-electron chi connectivity index (χ2n) is 11.1. The molecule has 1 amide bonds. The molecule has 9 nitrogen and oxygen atoms in total. The molecule has 0 atom stereocenters. The number of nitrogens with one attached hydrogen (secondary N) is 2. The Hall–Kier alpha value is -4.94. The minimum atomic E-state index is -4.58. The van der Waals surface area contributed by atoms with E-state index in [1.54, 1.807) is 43.5 Å². The Labute approximate surface area is 257 Å². The summed E-state index contributed by atoms with van der Waals surface area (Å²) in [5, 5.41) is 12.3. The highest BCUT2D eigenvalue weighted by Crippen LogP contribution is 2.35. The smallest absolute Gasteiger partial charge is 0.416 e. The van der Waals surface area contributed by atoms with E-state index in [2.05, 4.69) is 25.2 Å². The van der Waals surface area contributed by atoms with Crippen LogP contribution < -0.4 is 10.1 Å². The van der Waals surface area contributed by atoms with Gasteiger partial charge in [0.05, 0.1) is 11.1 Å². The Morgan fingerprint density at radius 3 is 2.49 bits per heavy atom. The van der Waals surface area contributed by atoms with E-state index >= 15 is 0 Å². The number of carbonyl (C=O) groups excluding carboxylic acids is 1. The van der Waals surface area contributed by atoms with Crippen molar-refractivity contribution in [2.75, 3.05) is 38.5 Å². The lowest BCUT2D eigenvalue weighted by Crippen LogP contribution is -2.44. The first kappa shape index (κ1) is 30.1. The number of H-pyrrole nitrogens is 1. The fraction of sp³-hybridized carbons (Fsp3) is 0.242. The van der Waals surface area contributed by atoms with E-state index in [4.69, 9.17) is 4.74 Å². The summed E-state index contributed by atoms with van der Waals surface area (Å²) in [6.45, 7) is 4.95. The molecule has 232 valence electrons. The van der Waals surface area contributed by atoms with E-state index in [0.29, 0.717) is 46.8 Å². The standard InChI is InChI=1S/C33H31F3N6O3/c1-20-3-4-22(17-28(20)45-32-29-27(11-12-37-29)39-30(40-32)21-6-9-25(43)10-7-21)31(44)38-24-8-5-23(26(18-24)33(34,35)36)19-42-15-13-41(2)14-16-42/h3-12,17-18,37,43H,13-16,19H2,1-2H3,(H,38,44).